The lowest BCUT2D eigenvalue weighted by Crippen LogP contribution is -2.36. The van der Waals surface area contributed by atoms with E-state index in [1.807, 2.05) is 26.4 Å². The molecule has 1 fully saturated rings. The van der Waals surface area contributed by atoms with Gasteiger partial charge in [0.25, 0.3) is 0 Å². The van der Waals surface area contributed by atoms with Crippen LogP contribution in [0, 0.1) is 0 Å². The molecule has 1 aliphatic heterocycles. The Kier molecular flexibility index (Phi) is 11.1. The minimum atomic E-state index is -1.26. The number of carbonyl (C=O) groups is 2. The van der Waals surface area contributed by atoms with E-state index in [0.29, 0.717) is 12.2 Å². The molecular weight excluding hydrogens is 594 g/mol. The lowest BCUT2D eigenvalue weighted by molar-refractivity contribution is -0.134. The van der Waals surface area contributed by atoms with Crippen LogP contribution in [0.3, 0.4) is 0 Å². The number of para-hydroxylation sites is 2. The number of anilines is 1. The molecule has 1 aromatic carbocycles. The number of aliphatic imine (C=N–C) groups is 1. The molecule has 1 aliphatic rings. The first-order chi connectivity index (χ1) is 13.2. The first-order valence-electron chi connectivity index (χ1n) is 8.15. The van der Waals surface area contributed by atoms with E-state index in [-0.39, 0.29) is 0 Å². The van der Waals surface area contributed by atoms with E-state index >= 15 is 0 Å². The van der Waals surface area contributed by atoms with Gasteiger partial charge in [0.15, 0.2) is 0 Å². The quantitative estimate of drug-likeness (QED) is 0.175. The Labute approximate surface area is 191 Å². The lowest BCUT2D eigenvalue weighted by Gasteiger charge is -2.30. The maximum Gasteiger partial charge on any atom is 0.328 e. The van der Waals surface area contributed by atoms with Gasteiger partial charge in [0, 0.05) is 39.3 Å². The van der Waals surface area contributed by atoms with Crippen LogP contribution in [0.1, 0.15) is 0 Å². The Morgan fingerprint density at radius 1 is 1.11 bits per heavy atom. The highest BCUT2D eigenvalue weighted by atomic mass is 127. The third-order valence-electron chi connectivity index (χ3n) is 3.37. The summed E-state index contributed by atoms with van der Waals surface area (Å²) in [6.07, 6.45) is 1.12. The van der Waals surface area contributed by atoms with E-state index in [2.05, 4.69) is 68.8 Å². The van der Waals surface area contributed by atoms with Gasteiger partial charge in [-0.3, -0.25) is 0 Å². The van der Waals surface area contributed by atoms with Gasteiger partial charge in [-0.15, -0.1) is 0 Å². The normalized spacial score (nSPS) is 14.3. The van der Waals surface area contributed by atoms with Crippen molar-refractivity contribution in [2.75, 3.05) is 45.3 Å². The highest BCUT2D eigenvalue weighted by Gasteiger charge is 2.16. The highest BCUT2D eigenvalue weighted by Crippen LogP contribution is 2.30. The van der Waals surface area contributed by atoms with Gasteiger partial charge >= 0.3 is 11.9 Å². The Hall–Kier alpha value is -1.61. The lowest BCUT2D eigenvalue weighted by atomic mass is 10.2. The zero-order valence-electron chi connectivity index (χ0n) is 15.5. The second-order valence-electron chi connectivity index (χ2n) is 5.64. The number of carboxylic acids is 2. The van der Waals surface area contributed by atoms with Gasteiger partial charge in [0.1, 0.15) is 0 Å². The van der Waals surface area contributed by atoms with Gasteiger partial charge in [-0.2, -0.15) is 0 Å². The summed E-state index contributed by atoms with van der Waals surface area (Å²) in [7, 11) is 4.00. The maximum absolute atomic E-state index is 9.55. The largest absolute Gasteiger partial charge is 0.478 e. The molecule has 0 amide bonds. The van der Waals surface area contributed by atoms with Crippen molar-refractivity contribution in [2.45, 2.75) is 0 Å². The smallest absolute Gasteiger partial charge is 0.328 e. The van der Waals surface area contributed by atoms with E-state index < -0.39 is 11.9 Å². The van der Waals surface area contributed by atoms with Crippen LogP contribution >= 0.6 is 45.7 Å². The predicted octanol–water partition coefficient (Wildman–Crippen LogP) is 2.79. The van der Waals surface area contributed by atoms with Gasteiger partial charge in [-0.1, -0.05) is 12.1 Å². The van der Waals surface area contributed by atoms with E-state index in [9.17, 15) is 9.59 Å². The van der Waals surface area contributed by atoms with Gasteiger partial charge in [-0.25, -0.2) is 15.9 Å². The third-order valence-corrected chi connectivity index (χ3v) is 4.24. The standard InChI is InChI=1S/C13H18I2N4O.C4H4O4/c1-17(2)13(19(14)15)16-11-5-3-4-6-12(11)18-7-9-20-10-8-18;5-3(6)1-2-4(7)8/h3-6H,7-10H2,1-2H3;1-2H,(H,5,6)(H,7,8). The van der Waals surface area contributed by atoms with Crippen molar-refractivity contribution in [2.24, 2.45) is 4.99 Å². The molecular formula is C17H22I2N4O5. The zero-order chi connectivity index (χ0) is 21.1. The molecule has 0 bridgehead atoms. The predicted molar refractivity (Wildman–Crippen MR) is 125 cm³/mol. The van der Waals surface area contributed by atoms with Crippen molar-refractivity contribution in [3.8, 4) is 0 Å². The minimum Gasteiger partial charge on any atom is -0.478 e. The summed E-state index contributed by atoms with van der Waals surface area (Å²) >= 11 is 4.45. The number of ether oxygens (including phenoxy) is 1. The van der Waals surface area contributed by atoms with Crippen LogP contribution < -0.4 is 4.90 Å². The number of halogens is 2. The number of hydrogen-bond acceptors (Lipinski definition) is 5. The Balaban J connectivity index is 0.000000416. The summed E-state index contributed by atoms with van der Waals surface area (Å²) in [5, 5.41) is 15.6. The molecule has 0 radical (unpaired) electrons. The van der Waals surface area contributed by atoms with Gasteiger partial charge < -0.3 is 24.7 Å². The molecule has 1 saturated heterocycles. The number of rotatable bonds is 4. The molecule has 28 heavy (non-hydrogen) atoms. The fourth-order valence-electron chi connectivity index (χ4n) is 2.17. The molecule has 0 atom stereocenters. The monoisotopic (exact) mass is 616 g/mol. The highest BCUT2D eigenvalue weighted by molar-refractivity contribution is 14.2. The molecule has 0 aliphatic carbocycles. The fraction of sp³-hybridized carbons (Fsp3) is 0.353. The van der Waals surface area contributed by atoms with Crippen LogP contribution in [0.5, 0.6) is 0 Å². The summed E-state index contributed by atoms with van der Waals surface area (Å²) in [6, 6.07) is 8.28. The number of benzene rings is 1. The van der Waals surface area contributed by atoms with E-state index in [1.54, 1.807) is 0 Å². The number of nitrogens with zero attached hydrogens (tertiary/aromatic N) is 4. The number of morpholine rings is 1. The fourth-order valence-corrected chi connectivity index (χ4v) is 3.25. The molecule has 9 nitrogen and oxygen atoms in total. The summed E-state index contributed by atoms with van der Waals surface area (Å²) in [6.45, 7) is 3.40. The van der Waals surface area contributed by atoms with Crippen molar-refractivity contribution >= 4 is 75.0 Å². The minimum absolute atomic E-state index is 0.558. The molecule has 154 valence electrons. The van der Waals surface area contributed by atoms with Crippen molar-refractivity contribution < 1.29 is 24.5 Å². The maximum atomic E-state index is 9.55. The van der Waals surface area contributed by atoms with Gasteiger partial charge in [-0.05, 0) is 12.1 Å². The number of carboxylic acid groups (broad SMARTS) is 2. The summed E-state index contributed by atoms with van der Waals surface area (Å²) in [5.74, 6) is -1.60. The third kappa shape index (κ3) is 9.05. The Bertz CT molecular complexity index is 693. The van der Waals surface area contributed by atoms with Crippen LogP contribution in [-0.2, 0) is 14.3 Å². The van der Waals surface area contributed by atoms with Crippen LogP contribution in [0.15, 0.2) is 41.4 Å². The average molecular weight is 616 g/mol. The molecule has 0 aromatic heterocycles. The van der Waals surface area contributed by atoms with Gasteiger partial charge in [0.05, 0.1) is 70.3 Å². The summed E-state index contributed by atoms with van der Waals surface area (Å²) in [4.78, 5) is 28.3. The molecule has 2 rings (SSSR count). The SMILES string of the molecule is CN(C)C(=Nc1ccccc1N1CCOCC1)N(I)I.O=C(O)C=CC(=O)O. The summed E-state index contributed by atoms with van der Waals surface area (Å²) < 4.78 is 7.39. The van der Waals surface area contributed by atoms with Crippen molar-refractivity contribution in [3.63, 3.8) is 0 Å². The second kappa shape index (κ2) is 12.8. The first kappa shape index (κ1) is 24.4. The molecule has 2 N–H and O–H groups in total. The Morgan fingerprint density at radius 3 is 2.11 bits per heavy atom. The molecule has 0 unspecified atom stereocenters. The number of hydrogen-bond donors (Lipinski definition) is 2. The average Bonchev–Trinajstić information content (AvgIpc) is 2.65. The van der Waals surface area contributed by atoms with Crippen LogP contribution in [0.2, 0.25) is 0 Å². The number of aliphatic carboxylic acids is 2. The molecule has 11 heteroatoms. The van der Waals surface area contributed by atoms with E-state index in [1.165, 1.54) is 5.69 Å². The van der Waals surface area contributed by atoms with Crippen LogP contribution in [0.4, 0.5) is 11.4 Å². The topological polar surface area (TPSA) is 106 Å². The van der Waals surface area contributed by atoms with Crippen molar-refractivity contribution in [3.05, 3.63) is 36.4 Å². The van der Waals surface area contributed by atoms with Crippen LogP contribution in [0.25, 0.3) is 0 Å². The van der Waals surface area contributed by atoms with E-state index in [0.717, 1.165) is 38.0 Å². The molecule has 1 heterocycles. The Morgan fingerprint density at radius 2 is 1.64 bits per heavy atom. The van der Waals surface area contributed by atoms with E-state index in [4.69, 9.17) is 19.9 Å². The van der Waals surface area contributed by atoms with Gasteiger partial charge in [0.2, 0.25) is 5.96 Å². The van der Waals surface area contributed by atoms with Crippen molar-refractivity contribution in [1.82, 2.24) is 6.23 Å². The second-order valence-corrected chi connectivity index (χ2v) is 9.41. The molecule has 0 spiro atoms. The first-order valence-corrected chi connectivity index (χ1v) is 10.1. The number of guanidine groups is 1. The van der Waals surface area contributed by atoms with Crippen molar-refractivity contribution in [1.29, 1.82) is 0 Å². The molecule has 1 aromatic rings. The van der Waals surface area contributed by atoms with Crippen LogP contribution in [-0.4, -0.2) is 74.7 Å². The summed E-state index contributed by atoms with van der Waals surface area (Å²) in [5.41, 5.74) is 2.17. The molecule has 0 saturated carbocycles. The zero-order valence-corrected chi connectivity index (χ0v) is 19.8.